The molecule has 25 heavy (non-hydrogen) atoms. The normalized spacial score (nSPS) is 15.6. The molecule has 0 unspecified atom stereocenters. The number of carbonyl (C=O) groups excluding carboxylic acids is 1. The van der Waals surface area contributed by atoms with E-state index in [1.807, 2.05) is 6.92 Å². The van der Waals surface area contributed by atoms with Gasteiger partial charge >= 0.3 is 0 Å². The number of fused-ring (bicyclic) bond motifs is 1. The van der Waals surface area contributed by atoms with E-state index in [2.05, 4.69) is 0 Å². The van der Waals surface area contributed by atoms with E-state index >= 15 is 0 Å². The minimum absolute atomic E-state index is 0.0260. The Morgan fingerprint density at radius 3 is 2.48 bits per heavy atom. The van der Waals surface area contributed by atoms with Crippen molar-refractivity contribution in [3.8, 4) is 5.75 Å². The van der Waals surface area contributed by atoms with Gasteiger partial charge in [0.1, 0.15) is 0 Å². The smallest absolute Gasteiger partial charge is 0.243 e. The lowest BCUT2D eigenvalue weighted by atomic mass is 10.0. The fraction of sp³-hybridized carbons (Fsp3) is 0.278. The van der Waals surface area contributed by atoms with Crippen molar-refractivity contribution in [1.82, 2.24) is 4.31 Å². The van der Waals surface area contributed by atoms with Crippen LogP contribution in [0.2, 0.25) is 0 Å². The minimum Gasteiger partial charge on any atom is -0.494 e. The van der Waals surface area contributed by atoms with Crippen molar-refractivity contribution in [3.63, 3.8) is 0 Å². The zero-order valence-corrected chi connectivity index (χ0v) is 14.8. The van der Waals surface area contributed by atoms with Gasteiger partial charge in [0.2, 0.25) is 10.0 Å². The van der Waals surface area contributed by atoms with Gasteiger partial charge in [0.15, 0.2) is 17.3 Å². The number of rotatable bonds is 3. The highest BCUT2D eigenvalue weighted by Crippen LogP contribution is 2.29. The summed E-state index contributed by atoms with van der Waals surface area (Å²) in [5.74, 6) is -0.875. The molecule has 0 aliphatic carbocycles. The van der Waals surface area contributed by atoms with Crippen molar-refractivity contribution in [1.29, 1.82) is 0 Å². The molecule has 0 saturated heterocycles. The van der Waals surface area contributed by atoms with Crippen LogP contribution in [0.3, 0.4) is 0 Å². The number of hydrogen-bond donors (Lipinski definition) is 0. The Hall–Kier alpha value is -2.25. The Labute approximate surface area is 146 Å². The predicted molar refractivity (Wildman–Crippen MR) is 90.7 cm³/mol. The van der Waals surface area contributed by atoms with E-state index in [1.165, 1.54) is 35.7 Å². The van der Waals surface area contributed by atoms with E-state index in [0.717, 1.165) is 5.56 Å². The van der Waals surface area contributed by atoms with E-state index in [0.29, 0.717) is 11.1 Å². The first-order chi connectivity index (χ1) is 11.8. The van der Waals surface area contributed by atoms with Crippen LogP contribution in [0, 0.1) is 12.7 Å². The summed E-state index contributed by atoms with van der Waals surface area (Å²) in [5, 5.41) is 0. The Balaban J connectivity index is 2.02. The van der Waals surface area contributed by atoms with Crippen LogP contribution in [0.1, 0.15) is 27.9 Å². The van der Waals surface area contributed by atoms with Gasteiger partial charge in [-0.1, -0.05) is 17.7 Å². The molecule has 7 heteroatoms. The van der Waals surface area contributed by atoms with Crippen molar-refractivity contribution >= 4 is 15.8 Å². The van der Waals surface area contributed by atoms with Crippen LogP contribution < -0.4 is 4.74 Å². The number of nitrogens with zero attached hydrogens (tertiary/aromatic N) is 1. The highest BCUT2D eigenvalue weighted by molar-refractivity contribution is 7.89. The van der Waals surface area contributed by atoms with Gasteiger partial charge in [-0.25, -0.2) is 12.8 Å². The van der Waals surface area contributed by atoms with Gasteiger partial charge in [-0.15, -0.1) is 0 Å². The first kappa shape index (κ1) is 17.6. The van der Waals surface area contributed by atoms with Crippen LogP contribution in [0.4, 0.5) is 4.39 Å². The molecule has 1 aliphatic heterocycles. The van der Waals surface area contributed by atoms with Gasteiger partial charge in [-0.05, 0) is 36.8 Å². The van der Waals surface area contributed by atoms with Crippen molar-refractivity contribution in [2.75, 3.05) is 13.7 Å². The summed E-state index contributed by atoms with van der Waals surface area (Å²) in [4.78, 5) is 12.5. The quantitative estimate of drug-likeness (QED) is 0.841. The van der Waals surface area contributed by atoms with Gasteiger partial charge in [0.05, 0.1) is 12.0 Å². The number of benzene rings is 2. The third-order valence-electron chi connectivity index (χ3n) is 4.27. The average molecular weight is 363 g/mol. The molecular formula is C18H18FNO4S. The lowest BCUT2D eigenvalue weighted by molar-refractivity contribution is 0.0981. The summed E-state index contributed by atoms with van der Waals surface area (Å²) in [6.07, 6.45) is 0.0346. The Bertz CT molecular complexity index is 923. The molecule has 0 amide bonds. The molecule has 5 nitrogen and oxygen atoms in total. The second kappa shape index (κ2) is 6.57. The summed E-state index contributed by atoms with van der Waals surface area (Å²) in [6.45, 7) is 1.86. The predicted octanol–water partition coefficient (Wildman–Crippen LogP) is 2.92. The van der Waals surface area contributed by atoms with E-state index in [9.17, 15) is 17.6 Å². The second-order valence-corrected chi connectivity index (χ2v) is 7.91. The monoisotopic (exact) mass is 363 g/mol. The fourth-order valence-electron chi connectivity index (χ4n) is 2.84. The standard InChI is InChI=1S/C18H18FNO4S/c1-12-3-5-14(6-4-12)25(22,23)20-8-7-17(21)15-10-18(24-2)16(19)9-13(15)11-20/h3-6,9-10H,7-8,11H2,1-2H3. The number of ketones is 1. The van der Waals surface area contributed by atoms with Crippen molar-refractivity contribution < 1.29 is 22.3 Å². The average Bonchev–Trinajstić information content (AvgIpc) is 2.74. The number of aryl methyl sites for hydroxylation is 1. The van der Waals surface area contributed by atoms with E-state index < -0.39 is 15.8 Å². The van der Waals surface area contributed by atoms with Crippen LogP contribution in [0.25, 0.3) is 0 Å². The van der Waals surface area contributed by atoms with Crippen molar-refractivity contribution in [2.45, 2.75) is 24.8 Å². The Morgan fingerprint density at radius 2 is 1.84 bits per heavy atom. The zero-order valence-electron chi connectivity index (χ0n) is 14.0. The van der Waals surface area contributed by atoms with Crippen LogP contribution >= 0.6 is 0 Å². The molecule has 0 bridgehead atoms. The molecule has 1 aliphatic rings. The number of methoxy groups -OCH3 is 1. The van der Waals surface area contributed by atoms with E-state index in [4.69, 9.17) is 4.74 Å². The second-order valence-electron chi connectivity index (χ2n) is 5.97. The van der Waals surface area contributed by atoms with Gasteiger partial charge in [-0.3, -0.25) is 4.79 Å². The number of Topliss-reactive ketones (excluding diaryl/α,β-unsaturated/α-hetero) is 1. The number of carbonyl (C=O) groups is 1. The number of ether oxygens (including phenoxy) is 1. The molecule has 0 aromatic heterocycles. The molecule has 2 aromatic rings. The van der Waals surface area contributed by atoms with Crippen LogP contribution in [0.15, 0.2) is 41.3 Å². The number of halogens is 1. The molecule has 0 spiro atoms. The molecule has 0 N–H and O–H groups in total. The summed E-state index contributed by atoms with van der Waals surface area (Å²) >= 11 is 0. The summed E-state index contributed by atoms with van der Waals surface area (Å²) in [5.41, 5.74) is 1.60. The van der Waals surface area contributed by atoms with Gasteiger partial charge in [-0.2, -0.15) is 4.31 Å². The number of sulfonamides is 1. The Kier molecular flexibility index (Phi) is 4.62. The highest BCUT2D eigenvalue weighted by Gasteiger charge is 2.30. The maximum atomic E-state index is 14.0. The van der Waals surface area contributed by atoms with Crippen LogP contribution in [-0.2, 0) is 16.6 Å². The SMILES string of the molecule is COc1cc2c(cc1F)CN(S(=O)(=O)c1ccc(C)cc1)CCC2=O. The molecule has 1 heterocycles. The topological polar surface area (TPSA) is 63.7 Å². The largest absolute Gasteiger partial charge is 0.494 e. The number of hydrogen-bond acceptors (Lipinski definition) is 4. The third-order valence-corrected chi connectivity index (χ3v) is 6.13. The molecule has 3 rings (SSSR count). The molecule has 132 valence electrons. The zero-order chi connectivity index (χ0) is 18.2. The third kappa shape index (κ3) is 3.29. The first-order valence-electron chi connectivity index (χ1n) is 7.79. The van der Waals surface area contributed by atoms with E-state index in [-0.39, 0.29) is 35.9 Å². The van der Waals surface area contributed by atoms with Crippen LogP contribution in [-0.4, -0.2) is 32.2 Å². The van der Waals surface area contributed by atoms with Gasteiger partial charge in [0, 0.05) is 25.1 Å². The highest BCUT2D eigenvalue weighted by atomic mass is 32.2. The van der Waals surface area contributed by atoms with Gasteiger partial charge in [0.25, 0.3) is 0 Å². The summed E-state index contributed by atoms with van der Waals surface area (Å²) in [7, 11) is -2.45. The fourth-order valence-corrected chi connectivity index (χ4v) is 4.25. The molecular weight excluding hydrogens is 345 g/mol. The first-order valence-corrected chi connectivity index (χ1v) is 9.23. The van der Waals surface area contributed by atoms with Crippen LogP contribution in [0.5, 0.6) is 5.75 Å². The molecule has 2 aromatic carbocycles. The Morgan fingerprint density at radius 1 is 1.16 bits per heavy atom. The maximum absolute atomic E-state index is 14.0. The lowest BCUT2D eigenvalue weighted by Crippen LogP contribution is -2.31. The van der Waals surface area contributed by atoms with E-state index in [1.54, 1.807) is 12.1 Å². The molecule has 0 atom stereocenters. The minimum atomic E-state index is -3.77. The molecule has 0 radical (unpaired) electrons. The summed E-state index contributed by atoms with van der Waals surface area (Å²) < 4.78 is 45.9. The molecule has 0 saturated carbocycles. The van der Waals surface area contributed by atoms with Gasteiger partial charge < -0.3 is 4.74 Å². The molecule has 0 fully saturated rings. The lowest BCUT2D eigenvalue weighted by Gasteiger charge is -2.20. The van der Waals surface area contributed by atoms with Crippen molar-refractivity contribution in [2.24, 2.45) is 0 Å². The maximum Gasteiger partial charge on any atom is 0.243 e. The summed E-state index contributed by atoms with van der Waals surface area (Å²) in [6, 6.07) is 9.02. The van der Waals surface area contributed by atoms with Crippen molar-refractivity contribution in [3.05, 3.63) is 58.9 Å².